The number of allylic oxidation sites excluding steroid dienone is 5. The fraction of sp³-hybridized carbons (Fsp3) is 0.400. The summed E-state index contributed by atoms with van der Waals surface area (Å²) in [7, 11) is 1.87. The Morgan fingerprint density at radius 1 is 1.42 bits per heavy atom. The first kappa shape index (κ1) is 23.5. The van der Waals surface area contributed by atoms with Crippen molar-refractivity contribution in [3.8, 4) is 0 Å². The van der Waals surface area contributed by atoms with E-state index in [1.807, 2.05) is 63.0 Å². The molecule has 5 nitrogen and oxygen atoms in total. The van der Waals surface area contributed by atoms with Crippen LogP contribution in [0.1, 0.15) is 27.7 Å². The SMILES string of the molecule is C=C/C(F)=C(\C=C/C)CN1C(/N=C\C=C/C)=CC(C(=N)N)CN1C.CC. The molecule has 0 saturated heterocycles. The zero-order chi connectivity index (χ0) is 20.1. The Kier molecular flexibility index (Phi) is 11.6. The third-order valence-electron chi connectivity index (χ3n) is 3.55. The number of hydrazine groups is 1. The fourth-order valence-corrected chi connectivity index (χ4v) is 2.28. The molecule has 1 aliphatic heterocycles. The second-order valence-corrected chi connectivity index (χ2v) is 5.37. The molecule has 0 aromatic rings. The van der Waals surface area contributed by atoms with Crippen molar-refractivity contribution in [3.63, 3.8) is 0 Å². The van der Waals surface area contributed by atoms with E-state index in [2.05, 4.69) is 11.6 Å². The van der Waals surface area contributed by atoms with Gasteiger partial charge in [-0.1, -0.05) is 38.7 Å². The second kappa shape index (κ2) is 12.8. The fourth-order valence-electron chi connectivity index (χ4n) is 2.28. The Morgan fingerprint density at radius 3 is 2.58 bits per heavy atom. The summed E-state index contributed by atoms with van der Waals surface area (Å²) in [5, 5.41) is 11.4. The van der Waals surface area contributed by atoms with Crippen LogP contribution in [0.15, 0.2) is 65.2 Å². The molecule has 0 spiro atoms. The minimum absolute atomic E-state index is 0.0849. The second-order valence-electron chi connectivity index (χ2n) is 5.37. The van der Waals surface area contributed by atoms with Gasteiger partial charge in [0.1, 0.15) is 11.6 Å². The molecule has 0 aromatic heterocycles. The van der Waals surface area contributed by atoms with Crippen LogP contribution in [0, 0.1) is 11.3 Å². The van der Waals surface area contributed by atoms with Crippen molar-refractivity contribution in [2.24, 2.45) is 16.6 Å². The van der Waals surface area contributed by atoms with Crippen molar-refractivity contribution in [2.75, 3.05) is 20.1 Å². The molecule has 0 aromatic carbocycles. The van der Waals surface area contributed by atoms with Gasteiger partial charge in [0.15, 0.2) is 0 Å². The third-order valence-corrected chi connectivity index (χ3v) is 3.55. The number of amidine groups is 1. The Balaban J connectivity index is 0.00000301. The molecular formula is C20H32FN5. The smallest absolute Gasteiger partial charge is 0.139 e. The molecule has 144 valence electrons. The van der Waals surface area contributed by atoms with Crippen LogP contribution in [0.3, 0.4) is 0 Å². The van der Waals surface area contributed by atoms with Gasteiger partial charge < -0.3 is 5.73 Å². The van der Waals surface area contributed by atoms with E-state index in [1.165, 1.54) is 6.08 Å². The predicted molar refractivity (Wildman–Crippen MR) is 111 cm³/mol. The lowest BCUT2D eigenvalue weighted by Crippen LogP contribution is -2.48. The van der Waals surface area contributed by atoms with Crippen LogP contribution < -0.4 is 5.73 Å². The van der Waals surface area contributed by atoms with Gasteiger partial charge in [-0.2, -0.15) is 0 Å². The van der Waals surface area contributed by atoms with Gasteiger partial charge in [-0.3, -0.25) is 10.4 Å². The average Bonchev–Trinajstić information content (AvgIpc) is 2.64. The number of hydrogen-bond acceptors (Lipinski definition) is 4. The first-order chi connectivity index (χ1) is 12.4. The topological polar surface area (TPSA) is 68.7 Å². The molecule has 0 bridgehead atoms. The number of nitrogens with two attached hydrogens (primary N) is 1. The van der Waals surface area contributed by atoms with Gasteiger partial charge in [0.25, 0.3) is 0 Å². The maximum absolute atomic E-state index is 14.0. The highest BCUT2D eigenvalue weighted by molar-refractivity contribution is 5.82. The first-order valence-electron chi connectivity index (χ1n) is 8.78. The largest absolute Gasteiger partial charge is 0.387 e. The number of hydrogen-bond donors (Lipinski definition) is 2. The molecule has 1 unspecified atom stereocenters. The van der Waals surface area contributed by atoms with Crippen molar-refractivity contribution in [3.05, 3.63) is 60.3 Å². The summed E-state index contributed by atoms with van der Waals surface area (Å²) in [6.07, 6.45) is 11.9. The molecule has 0 saturated carbocycles. The van der Waals surface area contributed by atoms with Gasteiger partial charge in [-0.15, -0.1) is 0 Å². The van der Waals surface area contributed by atoms with E-state index < -0.39 is 0 Å². The number of aliphatic imine (C=N–C) groups is 1. The molecule has 26 heavy (non-hydrogen) atoms. The zero-order valence-electron chi connectivity index (χ0n) is 16.5. The quantitative estimate of drug-likeness (QED) is 0.406. The van der Waals surface area contributed by atoms with Gasteiger partial charge >= 0.3 is 0 Å². The number of halogens is 1. The van der Waals surface area contributed by atoms with E-state index in [-0.39, 0.29) is 17.6 Å². The Bertz CT molecular complexity index is 614. The van der Waals surface area contributed by atoms with Crippen molar-refractivity contribution in [1.29, 1.82) is 5.41 Å². The molecule has 0 radical (unpaired) electrons. The Morgan fingerprint density at radius 2 is 2.08 bits per heavy atom. The molecule has 3 N–H and O–H groups in total. The van der Waals surface area contributed by atoms with Crippen LogP contribution in [0.2, 0.25) is 0 Å². The van der Waals surface area contributed by atoms with Gasteiger partial charge in [0.2, 0.25) is 0 Å². The minimum Gasteiger partial charge on any atom is -0.387 e. The summed E-state index contributed by atoms with van der Waals surface area (Å²) in [5.41, 5.74) is 6.15. The van der Waals surface area contributed by atoms with Gasteiger partial charge in [-0.25, -0.2) is 14.4 Å². The summed E-state index contributed by atoms with van der Waals surface area (Å²) in [5.74, 6) is 0.122. The monoisotopic (exact) mass is 361 g/mol. The maximum Gasteiger partial charge on any atom is 0.139 e. The van der Waals surface area contributed by atoms with Crippen LogP contribution in [-0.4, -0.2) is 42.2 Å². The standard InChI is InChI=1S/C18H26FN5.C2H6/c1-5-8-10-22-17-11-15(18(20)21)12-23(4)24(17)13-14(9-6-2)16(19)7-3;1-2/h5-11,15H,3,12-13H2,1-2,4H3,(H3,20,21);1-2H3/b8-5-,9-6-,16-14-,22-10-;. The van der Waals surface area contributed by atoms with Gasteiger partial charge in [0, 0.05) is 25.4 Å². The van der Waals surface area contributed by atoms with E-state index in [4.69, 9.17) is 11.1 Å². The van der Waals surface area contributed by atoms with Crippen LogP contribution in [0.5, 0.6) is 0 Å². The molecule has 0 fully saturated rings. The molecule has 1 heterocycles. The van der Waals surface area contributed by atoms with Crippen LogP contribution in [0.4, 0.5) is 4.39 Å². The molecule has 0 amide bonds. The van der Waals surface area contributed by atoms with E-state index in [0.29, 0.717) is 24.5 Å². The first-order valence-corrected chi connectivity index (χ1v) is 8.78. The molecule has 1 aliphatic rings. The van der Waals surface area contributed by atoms with E-state index >= 15 is 0 Å². The predicted octanol–water partition coefficient (Wildman–Crippen LogP) is 4.20. The maximum atomic E-state index is 14.0. The number of nitrogens with one attached hydrogen (secondary N) is 1. The van der Waals surface area contributed by atoms with Crippen LogP contribution in [0.25, 0.3) is 0 Å². The molecule has 0 aliphatic carbocycles. The molecule has 1 atom stereocenters. The molecule has 1 rings (SSSR count). The normalized spacial score (nSPS) is 19.4. The highest BCUT2D eigenvalue weighted by Crippen LogP contribution is 2.23. The van der Waals surface area contributed by atoms with Gasteiger partial charge in [0.05, 0.1) is 18.3 Å². The van der Waals surface area contributed by atoms with Crippen molar-refractivity contribution in [2.45, 2.75) is 27.7 Å². The highest BCUT2D eigenvalue weighted by atomic mass is 19.1. The van der Waals surface area contributed by atoms with Crippen molar-refractivity contribution in [1.82, 2.24) is 10.0 Å². The third kappa shape index (κ3) is 7.19. The lowest BCUT2D eigenvalue weighted by atomic mass is 10.1. The lowest BCUT2D eigenvalue weighted by Gasteiger charge is -2.39. The van der Waals surface area contributed by atoms with E-state index in [9.17, 15) is 4.39 Å². The summed E-state index contributed by atoms with van der Waals surface area (Å²) in [6.45, 7) is 12.1. The number of rotatable bonds is 7. The van der Waals surface area contributed by atoms with Crippen molar-refractivity contribution < 1.29 is 4.39 Å². The summed E-state index contributed by atoms with van der Waals surface area (Å²) in [4.78, 5) is 4.42. The van der Waals surface area contributed by atoms with Crippen LogP contribution in [-0.2, 0) is 0 Å². The number of nitrogens with zero attached hydrogens (tertiary/aromatic N) is 3. The zero-order valence-corrected chi connectivity index (χ0v) is 16.5. The molecule has 6 heteroatoms. The Labute approximate surface area is 157 Å². The average molecular weight is 362 g/mol. The summed E-state index contributed by atoms with van der Waals surface area (Å²) < 4.78 is 14.0. The minimum atomic E-state index is -0.369. The van der Waals surface area contributed by atoms with Gasteiger partial charge in [-0.05, 0) is 32.1 Å². The highest BCUT2D eigenvalue weighted by Gasteiger charge is 2.26. The van der Waals surface area contributed by atoms with E-state index in [1.54, 1.807) is 18.4 Å². The van der Waals surface area contributed by atoms with Crippen molar-refractivity contribution >= 4 is 12.1 Å². The summed E-state index contributed by atoms with van der Waals surface area (Å²) in [6, 6.07) is 0. The Hall–Kier alpha value is -2.47. The van der Waals surface area contributed by atoms with Crippen LogP contribution >= 0.6 is 0 Å². The lowest BCUT2D eigenvalue weighted by molar-refractivity contribution is 0.0281. The van der Waals surface area contributed by atoms with E-state index in [0.717, 1.165) is 0 Å². The summed E-state index contributed by atoms with van der Waals surface area (Å²) >= 11 is 0. The molecular weight excluding hydrogens is 329 g/mol.